The average molecular weight is 248 g/mol. The first-order valence-corrected chi connectivity index (χ1v) is 7.93. The van der Waals surface area contributed by atoms with E-state index in [9.17, 15) is 0 Å². The maximum absolute atomic E-state index is 2.59. The van der Waals surface area contributed by atoms with Gasteiger partial charge in [0.2, 0.25) is 0 Å². The van der Waals surface area contributed by atoms with Crippen LogP contribution in [0.2, 0.25) is 0 Å². The van der Waals surface area contributed by atoms with Crippen molar-refractivity contribution >= 4 is 0 Å². The molecule has 5 aliphatic rings. The highest BCUT2D eigenvalue weighted by atomic mass is 14.5. The van der Waals surface area contributed by atoms with Crippen LogP contribution in [0, 0.1) is 11.8 Å². The Labute approximate surface area is 115 Å². The highest BCUT2D eigenvalue weighted by molar-refractivity contribution is 5.81. The van der Waals surface area contributed by atoms with Gasteiger partial charge < -0.3 is 0 Å². The first-order chi connectivity index (χ1) is 9.33. The van der Waals surface area contributed by atoms with Crippen molar-refractivity contribution in [3.8, 4) is 0 Å². The maximum atomic E-state index is 2.59. The number of allylic oxidation sites excluding steroid dienone is 10. The molecule has 0 aromatic heterocycles. The molecule has 0 aromatic carbocycles. The number of hydrogen-bond acceptors (Lipinski definition) is 0. The van der Waals surface area contributed by atoms with Crippen molar-refractivity contribution in [1.29, 1.82) is 0 Å². The molecule has 2 unspecified atom stereocenters. The SMILES string of the molecule is CCC1=C2C=C3C4=C(C(CC)=C4C1)C3CC2C1=CC1. The van der Waals surface area contributed by atoms with E-state index < -0.39 is 0 Å². The van der Waals surface area contributed by atoms with Crippen molar-refractivity contribution in [2.24, 2.45) is 11.8 Å². The topological polar surface area (TPSA) is 0 Å². The summed E-state index contributed by atoms with van der Waals surface area (Å²) in [5.41, 5.74) is 13.8. The molecule has 2 atom stereocenters. The summed E-state index contributed by atoms with van der Waals surface area (Å²) in [5, 5.41) is 0. The van der Waals surface area contributed by atoms with Crippen LogP contribution in [0.25, 0.3) is 0 Å². The van der Waals surface area contributed by atoms with Gasteiger partial charge in [0.15, 0.2) is 0 Å². The molecule has 0 spiro atoms. The van der Waals surface area contributed by atoms with Gasteiger partial charge in [0.05, 0.1) is 0 Å². The van der Waals surface area contributed by atoms with E-state index >= 15 is 0 Å². The molecule has 0 saturated heterocycles. The standard InChI is InChI=1S/C19H20/c1-3-10-7-15-12(4-2)18-16-9-14(11-5-6-11)13(10)8-17(16)19(15)18/h5,8,14,16H,3-4,6-7,9H2,1-2H3. The summed E-state index contributed by atoms with van der Waals surface area (Å²) in [6, 6.07) is 0. The van der Waals surface area contributed by atoms with Crippen LogP contribution >= 0.6 is 0 Å². The van der Waals surface area contributed by atoms with E-state index in [2.05, 4.69) is 26.0 Å². The van der Waals surface area contributed by atoms with Crippen LogP contribution in [-0.4, -0.2) is 0 Å². The van der Waals surface area contributed by atoms with E-state index in [1.54, 1.807) is 44.6 Å². The molecule has 0 nitrogen and oxygen atoms in total. The van der Waals surface area contributed by atoms with Gasteiger partial charge >= 0.3 is 0 Å². The van der Waals surface area contributed by atoms with E-state index in [-0.39, 0.29) is 0 Å². The molecule has 19 heavy (non-hydrogen) atoms. The van der Waals surface area contributed by atoms with E-state index in [0.29, 0.717) is 0 Å². The first kappa shape index (κ1) is 10.5. The lowest BCUT2D eigenvalue weighted by molar-refractivity contribution is 0.499. The highest BCUT2D eigenvalue weighted by Crippen LogP contribution is 2.65. The third-order valence-corrected chi connectivity index (χ3v) is 5.90. The summed E-state index contributed by atoms with van der Waals surface area (Å²) in [7, 11) is 0. The van der Waals surface area contributed by atoms with E-state index in [1.807, 2.05) is 0 Å². The molecule has 2 bridgehead atoms. The van der Waals surface area contributed by atoms with Gasteiger partial charge in [0.1, 0.15) is 0 Å². The third kappa shape index (κ3) is 1.08. The minimum absolute atomic E-state index is 0.774. The number of fused-ring (bicyclic) bond motifs is 2. The van der Waals surface area contributed by atoms with E-state index in [4.69, 9.17) is 0 Å². The summed E-state index contributed by atoms with van der Waals surface area (Å²) < 4.78 is 0. The fourth-order valence-corrected chi connectivity index (χ4v) is 4.87. The number of rotatable bonds is 3. The normalized spacial score (nSPS) is 33.6. The van der Waals surface area contributed by atoms with Gasteiger partial charge in [-0.2, -0.15) is 0 Å². The second-order valence-corrected chi connectivity index (χ2v) is 6.61. The summed E-state index contributed by atoms with van der Waals surface area (Å²) in [6.07, 6.45) is 11.4. The maximum Gasteiger partial charge on any atom is 0.0113 e. The van der Waals surface area contributed by atoms with Crippen molar-refractivity contribution in [2.75, 3.05) is 0 Å². The number of hydrogen-bond donors (Lipinski definition) is 0. The Hall–Kier alpha value is -1.30. The van der Waals surface area contributed by atoms with Gasteiger partial charge in [-0.05, 0) is 65.5 Å². The molecule has 0 aliphatic heterocycles. The molecule has 0 heteroatoms. The minimum atomic E-state index is 0.774. The Bertz CT molecular complexity index is 673. The molecule has 0 heterocycles. The van der Waals surface area contributed by atoms with Crippen molar-refractivity contribution in [1.82, 2.24) is 0 Å². The lowest BCUT2D eigenvalue weighted by Crippen LogP contribution is -2.35. The van der Waals surface area contributed by atoms with Crippen molar-refractivity contribution in [3.63, 3.8) is 0 Å². The van der Waals surface area contributed by atoms with Crippen molar-refractivity contribution in [2.45, 2.75) is 46.0 Å². The zero-order chi connectivity index (χ0) is 12.7. The zero-order valence-electron chi connectivity index (χ0n) is 11.8. The average Bonchev–Trinajstić information content (AvgIpc) is 3.21. The second kappa shape index (κ2) is 3.23. The van der Waals surface area contributed by atoms with Crippen molar-refractivity contribution in [3.05, 3.63) is 56.7 Å². The molecule has 5 rings (SSSR count). The Morgan fingerprint density at radius 2 is 2.00 bits per heavy atom. The second-order valence-electron chi connectivity index (χ2n) is 6.61. The van der Waals surface area contributed by atoms with Crippen LogP contribution < -0.4 is 0 Å². The molecular weight excluding hydrogens is 228 g/mol. The fourth-order valence-electron chi connectivity index (χ4n) is 4.87. The lowest BCUT2D eigenvalue weighted by Gasteiger charge is -2.49. The van der Waals surface area contributed by atoms with Crippen LogP contribution in [0.3, 0.4) is 0 Å². The smallest absolute Gasteiger partial charge is 0.0113 e. The van der Waals surface area contributed by atoms with Gasteiger partial charge in [0.25, 0.3) is 0 Å². The molecule has 0 amide bonds. The Kier molecular flexibility index (Phi) is 1.78. The molecule has 0 radical (unpaired) electrons. The Morgan fingerprint density at radius 3 is 2.68 bits per heavy atom. The molecule has 0 aromatic rings. The predicted molar refractivity (Wildman–Crippen MR) is 78.7 cm³/mol. The van der Waals surface area contributed by atoms with Gasteiger partial charge in [-0.25, -0.2) is 0 Å². The van der Waals surface area contributed by atoms with Gasteiger partial charge in [-0.3, -0.25) is 0 Å². The van der Waals surface area contributed by atoms with Gasteiger partial charge in [0, 0.05) is 11.8 Å². The van der Waals surface area contributed by atoms with Gasteiger partial charge in [-0.1, -0.05) is 37.1 Å². The van der Waals surface area contributed by atoms with Crippen molar-refractivity contribution < 1.29 is 0 Å². The largest absolute Gasteiger partial charge is 0.0803 e. The Balaban J connectivity index is 1.70. The summed E-state index contributed by atoms with van der Waals surface area (Å²) in [5.74, 6) is 1.58. The summed E-state index contributed by atoms with van der Waals surface area (Å²) in [4.78, 5) is 0. The zero-order valence-corrected chi connectivity index (χ0v) is 11.8. The van der Waals surface area contributed by atoms with E-state index in [0.717, 1.165) is 11.8 Å². The predicted octanol–water partition coefficient (Wildman–Crippen LogP) is 5.02. The van der Waals surface area contributed by atoms with Gasteiger partial charge in [-0.15, -0.1) is 0 Å². The fraction of sp³-hybridized carbons (Fsp3) is 0.474. The first-order valence-electron chi connectivity index (χ1n) is 7.93. The molecular formula is C19H20. The molecule has 0 N–H and O–H groups in total. The lowest BCUT2D eigenvalue weighted by atomic mass is 9.54. The Morgan fingerprint density at radius 1 is 1.16 bits per heavy atom. The van der Waals surface area contributed by atoms with Crippen LogP contribution in [0.15, 0.2) is 56.7 Å². The van der Waals surface area contributed by atoms with Crippen LogP contribution in [-0.2, 0) is 0 Å². The highest BCUT2D eigenvalue weighted by Gasteiger charge is 2.50. The van der Waals surface area contributed by atoms with E-state index in [1.165, 1.54) is 32.1 Å². The molecule has 0 fully saturated rings. The summed E-state index contributed by atoms with van der Waals surface area (Å²) in [6.45, 7) is 4.68. The third-order valence-electron chi connectivity index (χ3n) is 5.90. The quantitative estimate of drug-likeness (QED) is 0.615. The molecule has 0 saturated carbocycles. The van der Waals surface area contributed by atoms with Crippen LogP contribution in [0.5, 0.6) is 0 Å². The molecule has 5 aliphatic carbocycles. The molecule has 96 valence electrons. The summed E-state index contributed by atoms with van der Waals surface area (Å²) >= 11 is 0. The minimum Gasteiger partial charge on any atom is -0.0803 e. The van der Waals surface area contributed by atoms with Crippen LogP contribution in [0.1, 0.15) is 46.0 Å². The van der Waals surface area contributed by atoms with Crippen LogP contribution in [0.4, 0.5) is 0 Å². The monoisotopic (exact) mass is 248 g/mol.